The molecule has 0 bridgehead atoms. The van der Waals surface area contributed by atoms with E-state index in [4.69, 9.17) is 13.9 Å². The Morgan fingerprint density at radius 3 is 2.47 bits per heavy atom. The molecule has 0 aliphatic rings. The van der Waals surface area contributed by atoms with Crippen molar-refractivity contribution in [2.75, 3.05) is 7.11 Å². The highest BCUT2D eigenvalue weighted by atomic mass is 32.1. The Balaban J connectivity index is 1.69. The number of hydrogen-bond acceptors (Lipinski definition) is 7. The zero-order chi connectivity index (χ0) is 22.9. The first kappa shape index (κ1) is 23.8. The standard InChI is InChI=1S/C25H29NO5S/c1-17(2)13-21(25(28)30-15-18-7-5-4-6-8-18)26-22(24(27)29-3)14-20-9-10-23(31-20)19-11-12-32-16-19/h4-12,16-17,21-22,26H,13-15H2,1-3H3. The molecule has 3 rings (SSSR count). The second-order valence-electron chi connectivity index (χ2n) is 8.00. The number of carbonyl (C=O) groups is 2. The molecule has 0 radical (unpaired) electrons. The molecule has 2 heterocycles. The molecule has 170 valence electrons. The Hall–Kier alpha value is -2.90. The first-order valence-corrected chi connectivity index (χ1v) is 11.6. The number of hydrogen-bond donors (Lipinski definition) is 1. The number of furan rings is 1. The number of rotatable bonds is 11. The van der Waals surface area contributed by atoms with Crippen molar-refractivity contribution in [2.45, 2.75) is 45.4 Å². The fraction of sp³-hybridized carbons (Fsp3) is 0.360. The highest BCUT2D eigenvalue weighted by Crippen LogP contribution is 2.25. The van der Waals surface area contributed by atoms with Crippen molar-refractivity contribution in [2.24, 2.45) is 5.92 Å². The highest BCUT2D eigenvalue weighted by molar-refractivity contribution is 7.08. The number of benzene rings is 1. The monoisotopic (exact) mass is 455 g/mol. The summed E-state index contributed by atoms with van der Waals surface area (Å²) in [4.78, 5) is 25.3. The highest BCUT2D eigenvalue weighted by Gasteiger charge is 2.30. The molecule has 0 amide bonds. The van der Waals surface area contributed by atoms with Crippen molar-refractivity contribution in [1.29, 1.82) is 0 Å². The van der Waals surface area contributed by atoms with Crippen molar-refractivity contribution < 1.29 is 23.5 Å². The average molecular weight is 456 g/mol. The molecule has 1 aromatic carbocycles. The zero-order valence-electron chi connectivity index (χ0n) is 18.6. The van der Waals surface area contributed by atoms with Gasteiger partial charge in [0.1, 0.15) is 30.2 Å². The number of thiophene rings is 1. The van der Waals surface area contributed by atoms with Crippen LogP contribution in [0.1, 0.15) is 31.6 Å². The lowest BCUT2D eigenvalue weighted by molar-refractivity contribution is -0.149. The van der Waals surface area contributed by atoms with Crippen molar-refractivity contribution in [3.63, 3.8) is 0 Å². The lowest BCUT2D eigenvalue weighted by atomic mass is 10.0. The minimum Gasteiger partial charge on any atom is -0.468 e. The molecule has 3 aromatic rings. The SMILES string of the molecule is COC(=O)C(Cc1ccc(-c2ccsc2)o1)NC(CC(C)C)C(=O)OCc1ccccc1. The first-order chi connectivity index (χ1) is 15.5. The van der Waals surface area contributed by atoms with Gasteiger partial charge in [-0.3, -0.25) is 14.9 Å². The molecule has 2 unspecified atom stereocenters. The molecule has 2 atom stereocenters. The minimum absolute atomic E-state index is 0.182. The predicted octanol–water partition coefficient (Wildman–Crippen LogP) is 4.84. The van der Waals surface area contributed by atoms with Crippen LogP contribution in [-0.2, 0) is 32.1 Å². The van der Waals surface area contributed by atoms with Gasteiger partial charge in [0.2, 0.25) is 0 Å². The quantitative estimate of drug-likeness (QED) is 0.417. The van der Waals surface area contributed by atoms with Crippen LogP contribution in [0, 0.1) is 5.92 Å². The molecular formula is C25H29NO5S. The van der Waals surface area contributed by atoms with E-state index in [-0.39, 0.29) is 18.9 Å². The molecule has 0 saturated heterocycles. The topological polar surface area (TPSA) is 77.8 Å². The fourth-order valence-electron chi connectivity index (χ4n) is 3.38. The van der Waals surface area contributed by atoms with Crippen LogP contribution < -0.4 is 5.32 Å². The van der Waals surface area contributed by atoms with E-state index in [0.717, 1.165) is 16.9 Å². The maximum Gasteiger partial charge on any atom is 0.323 e. The van der Waals surface area contributed by atoms with Gasteiger partial charge in [-0.15, -0.1) is 0 Å². The molecule has 0 saturated carbocycles. The van der Waals surface area contributed by atoms with Crippen LogP contribution in [-0.4, -0.2) is 31.1 Å². The average Bonchev–Trinajstić information content (AvgIpc) is 3.48. The van der Waals surface area contributed by atoms with Gasteiger partial charge in [-0.2, -0.15) is 11.3 Å². The van der Waals surface area contributed by atoms with E-state index in [0.29, 0.717) is 12.2 Å². The summed E-state index contributed by atoms with van der Waals surface area (Å²) < 4.78 is 16.4. The molecule has 0 fully saturated rings. The molecule has 0 aliphatic carbocycles. The predicted molar refractivity (Wildman–Crippen MR) is 124 cm³/mol. The van der Waals surface area contributed by atoms with E-state index in [1.807, 2.05) is 73.1 Å². The van der Waals surface area contributed by atoms with E-state index in [1.54, 1.807) is 11.3 Å². The van der Waals surface area contributed by atoms with E-state index in [1.165, 1.54) is 7.11 Å². The molecule has 0 spiro atoms. The van der Waals surface area contributed by atoms with Gasteiger partial charge >= 0.3 is 11.9 Å². The number of esters is 2. The Bertz CT molecular complexity index is 981. The number of nitrogens with one attached hydrogen (secondary N) is 1. The Kier molecular flexibility index (Phi) is 8.64. The van der Waals surface area contributed by atoms with Crippen molar-refractivity contribution in [3.05, 3.63) is 70.6 Å². The molecule has 32 heavy (non-hydrogen) atoms. The van der Waals surface area contributed by atoms with Gasteiger partial charge in [0, 0.05) is 17.4 Å². The van der Waals surface area contributed by atoms with Gasteiger partial charge in [-0.05, 0) is 41.5 Å². The van der Waals surface area contributed by atoms with Crippen LogP contribution in [0.2, 0.25) is 0 Å². The lowest BCUT2D eigenvalue weighted by Crippen LogP contribution is -2.49. The van der Waals surface area contributed by atoms with Crippen LogP contribution in [0.3, 0.4) is 0 Å². The zero-order valence-corrected chi connectivity index (χ0v) is 19.4. The summed E-state index contributed by atoms with van der Waals surface area (Å²) in [5.41, 5.74) is 1.90. The Morgan fingerprint density at radius 2 is 1.81 bits per heavy atom. The van der Waals surface area contributed by atoms with Gasteiger partial charge in [-0.1, -0.05) is 44.2 Å². The molecular weight excluding hydrogens is 426 g/mol. The summed E-state index contributed by atoms with van der Waals surface area (Å²) >= 11 is 1.59. The van der Waals surface area contributed by atoms with E-state index in [9.17, 15) is 9.59 Å². The third-order valence-electron chi connectivity index (χ3n) is 4.98. The number of methoxy groups -OCH3 is 1. The van der Waals surface area contributed by atoms with Gasteiger partial charge in [0.05, 0.1) is 7.11 Å². The summed E-state index contributed by atoms with van der Waals surface area (Å²) in [7, 11) is 1.33. The molecule has 6 nitrogen and oxygen atoms in total. The second-order valence-corrected chi connectivity index (χ2v) is 8.78. The van der Waals surface area contributed by atoms with Crippen molar-refractivity contribution >= 4 is 23.3 Å². The minimum atomic E-state index is -0.741. The first-order valence-electron chi connectivity index (χ1n) is 10.6. The summed E-state index contributed by atoms with van der Waals surface area (Å²) in [5, 5.41) is 7.14. The summed E-state index contributed by atoms with van der Waals surface area (Å²) in [6, 6.07) is 13.8. The number of carbonyl (C=O) groups excluding carboxylic acids is 2. The van der Waals surface area contributed by atoms with E-state index < -0.39 is 24.0 Å². The van der Waals surface area contributed by atoms with Gasteiger partial charge < -0.3 is 13.9 Å². The normalized spacial score (nSPS) is 13.0. The molecule has 1 N–H and O–H groups in total. The third kappa shape index (κ3) is 6.80. The molecule has 0 aliphatic heterocycles. The lowest BCUT2D eigenvalue weighted by Gasteiger charge is -2.24. The molecule has 2 aromatic heterocycles. The van der Waals surface area contributed by atoms with Crippen LogP contribution in [0.15, 0.2) is 63.7 Å². The Morgan fingerprint density at radius 1 is 1.03 bits per heavy atom. The fourth-order valence-corrected chi connectivity index (χ4v) is 4.02. The summed E-state index contributed by atoms with van der Waals surface area (Å²) in [6.45, 7) is 4.22. The number of ether oxygens (including phenoxy) is 2. The van der Waals surface area contributed by atoms with Gasteiger partial charge in [-0.25, -0.2) is 0 Å². The molecule has 7 heteroatoms. The van der Waals surface area contributed by atoms with Crippen LogP contribution >= 0.6 is 11.3 Å². The summed E-state index contributed by atoms with van der Waals surface area (Å²) in [6.07, 6.45) is 0.788. The van der Waals surface area contributed by atoms with E-state index in [2.05, 4.69) is 5.32 Å². The maximum atomic E-state index is 12.9. The van der Waals surface area contributed by atoms with Crippen molar-refractivity contribution in [1.82, 2.24) is 5.32 Å². The van der Waals surface area contributed by atoms with Gasteiger partial charge in [0.15, 0.2) is 0 Å². The third-order valence-corrected chi connectivity index (χ3v) is 5.66. The van der Waals surface area contributed by atoms with Crippen LogP contribution in [0.4, 0.5) is 0 Å². The van der Waals surface area contributed by atoms with E-state index >= 15 is 0 Å². The maximum absolute atomic E-state index is 12.9. The summed E-state index contributed by atoms with van der Waals surface area (Å²) in [5.74, 6) is 0.753. The second kappa shape index (κ2) is 11.6. The van der Waals surface area contributed by atoms with Crippen molar-refractivity contribution in [3.8, 4) is 11.3 Å². The van der Waals surface area contributed by atoms with Crippen LogP contribution in [0.5, 0.6) is 0 Å². The largest absolute Gasteiger partial charge is 0.468 e. The smallest absolute Gasteiger partial charge is 0.323 e. The van der Waals surface area contributed by atoms with Crippen LogP contribution in [0.25, 0.3) is 11.3 Å². The van der Waals surface area contributed by atoms with Gasteiger partial charge in [0.25, 0.3) is 0 Å². The Labute approximate surface area is 192 Å².